The Labute approximate surface area is 288 Å². The molecule has 0 aromatic heterocycles. The van der Waals surface area contributed by atoms with E-state index in [-0.39, 0.29) is 93.9 Å². The lowest BCUT2D eigenvalue weighted by Gasteiger charge is -2.19. The minimum absolute atomic E-state index is 0.0158. The van der Waals surface area contributed by atoms with Crippen molar-refractivity contribution in [3.8, 4) is 0 Å². The van der Waals surface area contributed by atoms with Gasteiger partial charge in [0.15, 0.2) is 0 Å². The zero-order valence-corrected chi connectivity index (χ0v) is 29.5. The Morgan fingerprint density at radius 3 is 2.25 bits per heavy atom. The number of likely N-dealkylation sites (tertiary alicyclic amines) is 1. The van der Waals surface area contributed by atoms with Crippen LogP contribution < -0.4 is 21.3 Å². The van der Waals surface area contributed by atoms with Crippen molar-refractivity contribution in [2.24, 2.45) is 5.92 Å². The fourth-order valence-corrected chi connectivity index (χ4v) is 5.76. The van der Waals surface area contributed by atoms with Gasteiger partial charge in [0.25, 0.3) is 0 Å². The first-order chi connectivity index (χ1) is 23.0. The highest BCUT2D eigenvalue weighted by Gasteiger charge is 2.38. The number of imide groups is 1. The minimum atomic E-state index is -0.699. The van der Waals surface area contributed by atoms with Crippen molar-refractivity contribution >= 4 is 47.7 Å². The molecule has 1 aromatic carbocycles. The summed E-state index contributed by atoms with van der Waals surface area (Å²) in [4.78, 5) is 74.1. The molecule has 2 atom stereocenters. The summed E-state index contributed by atoms with van der Waals surface area (Å²) in [6, 6.07) is 8.15. The molecule has 1 saturated heterocycles. The highest BCUT2D eigenvalue weighted by atomic mass is 32.2. The van der Waals surface area contributed by atoms with Gasteiger partial charge in [-0.2, -0.15) is 0 Å². The van der Waals surface area contributed by atoms with Crippen LogP contribution in [-0.4, -0.2) is 97.5 Å². The summed E-state index contributed by atoms with van der Waals surface area (Å²) in [5.41, 5.74) is 2.28. The fraction of sp³-hybridized carbons (Fsp3) is 0.647. The molecule has 0 spiro atoms. The van der Waals surface area contributed by atoms with Crippen molar-refractivity contribution in [2.45, 2.75) is 90.1 Å². The summed E-state index contributed by atoms with van der Waals surface area (Å²) >= 11 is 1.19. The number of ether oxygens (including phenoxy) is 2. The lowest BCUT2D eigenvalue weighted by Crippen LogP contribution is -2.47. The molecule has 0 saturated carbocycles. The van der Waals surface area contributed by atoms with Crippen molar-refractivity contribution in [3.63, 3.8) is 0 Å². The van der Waals surface area contributed by atoms with Crippen molar-refractivity contribution in [3.05, 3.63) is 35.4 Å². The summed E-state index contributed by atoms with van der Waals surface area (Å²) in [6.45, 7) is 10.6. The number of nitrogens with one attached hydrogen (secondary N) is 4. The summed E-state index contributed by atoms with van der Waals surface area (Å²) in [5, 5.41) is 10.2. The third-order valence-corrected chi connectivity index (χ3v) is 8.84. The number of rotatable bonds is 25. The Balaban J connectivity index is 1.56. The molecule has 268 valence electrons. The van der Waals surface area contributed by atoms with Crippen LogP contribution in [0.4, 0.5) is 0 Å². The minimum Gasteiger partial charge on any atom is -0.381 e. The molecule has 1 aliphatic heterocycles. The second-order valence-electron chi connectivity index (χ2n) is 12.3. The van der Waals surface area contributed by atoms with Gasteiger partial charge < -0.3 is 30.7 Å². The molecule has 1 aliphatic rings. The normalized spacial score (nSPS) is 15.1. The molecule has 0 aliphatic carbocycles. The number of amides is 6. The zero-order valence-electron chi connectivity index (χ0n) is 28.7. The monoisotopic (exact) mass is 691 g/mol. The van der Waals surface area contributed by atoms with E-state index in [0.29, 0.717) is 37.8 Å². The van der Waals surface area contributed by atoms with Gasteiger partial charge in [0.05, 0.1) is 31.5 Å². The number of hydrogen-bond acceptors (Lipinski definition) is 9. The maximum absolute atomic E-state index is 12.8. The molecule has 4 N–H and O–H groups in total. The average Bonchev–Trinajstić information content (AvgIpc) is 3.31. The van der Waals surface area contributed by atoms with E-state index >= 15 is 0 Å². The standard InChI is InChI=1S/C34H53N5O8S/c1-24(2)11-16-46-18-13-32(43)38-29(37-23-40)22-48-28-20-33(44)39(34(28)45)15-5-6-30(41)35-14-19-47-17-12-31(42)36-21-26-7-9-27(10-8-26)25(3)4/h7-10,23-25,28-29H,5-6,11-22H2,1-4H3,(H,35,41)(H,36,42)(H,37,40)(H,38,43). The largest absolute Gasteiger partial charge is 0.381 e. The molecule has 0 bridgehead atoms. The number of hydrogen-bond donors (Lipinski definition) is 4. The lowest BCUT2D eigenvalue weighted by molar-refractivity contribution is -0.138. The molecular weight excluding hydrogens is 638 g/mol. The van der Waals surface area contributed by atoms with Crippen molar-refractivity contribution in [2.75, 3.05) is 45.3 Å². The van der Waals surface area contributed by atoms with Crippen LogP contribution >= 0.6 is 11.8 Å². The fourth-order valence-electron chi connectivity index (χ4n) is 4.62. The second-order valence-corrected chi connectivity index (χ2v) is 13.6. The Morgan fingerprint density at radius 1 is 0.917 bits per heavy atom. The van der Waals surface area contributed by atoms with Crippen molar-refractivity contribution in [1.29, 1.82) is 0 Å². The van der Waals surface area contributed by atoms with E-state index in [2.05, 4.69) is 61.1 Å². The third kappa shape index (κ3) is 16.6. The summed E-state index contributed by atoms with van der Waals surface area (Å²) in [5.74, 6) is -0.121. The van der Waals surface area contributed by atoms with Crippen LogP contribution in [0.15, 0.2) is 24.3 Å². The molecule has 2 unspecified atom stereocenters. The van der Waals surface area contributed by atoms with Crippen LogP contribution in [-0.2, 0) is 44.8 Å². The number of benzene rings is 1. The van der Waals surface area contributed by atoms with Crippen LogP contribution in [0.5, 0.6) is 0 Å². The molecule has 2 rings (SSSR count). The molecular formula is C34H53N5O8S. The molecule has 0 radical (unpaired) electrons. The number of thioether (sulfide) groups is 1. The maximum atomic E-state index is 12.8. The van der Waals surface area contributed by atoms with E-state index in [4.69, 9.17) is 9.47 Å². The van der Waals surface area contributed by atoms with Gasteiger partial charge in [0.1, 0.15) is 6.17 Å². The molecule has 1 aromatic rings. The van der Waals surface area contributed by atoms with E-state index in [0.717, 1.165) is 16.9 Å². The number of nitrogens with zero attached hydrogens (tertiary/aromatic N) is 1. The molecule has 14 heteroatoms. The van der Waals surface area contributed by atoms with Gasteiger partial charge in [-0.15, -0.1) is 11.8 Å². The third-order valence-electron chi connectivity index (χ3n) is 7.55. The highest BCUT2D eigenvalue weighted by molar-refractivity contribution is 8.00. The van der Waals surface area contributed by atoms with Crippen LogP contribution in [0.2, 0.25) is 0 Å². The molecule has 13 nitrogen and oxygen atoms in total. The first kappa shape index (κ1) is 40.7. The van der Waals surface area contributed by atoms with E-state index in [1.165, 1.54) is 17.3 Å². The SMILES string of the molecule is CC(C)CCOCCC(=O)NC(CSC1CC(=O)N(CCCC(=O)NCCOCCC(=O)NCc2ccc(C(C)C)cc2)C1=O)NC=O. The van der Waals surface area contributed by atoms with Gasteiger partial charge in [0.2, 0.25) is 35.9 Å². The maximum Gasteiger partial charge on any atom is 0.242 e. The average molecular weight is 692 g/mol. The van der Waals surface area contributed by atoms with E-state index in [1.54, 1.807) is 0 Å². The van der Waals surface area contributed by atoms with Gasteiger partial charge in [-0.25, -0.2) is 0 Å². The Hall–Kier alpha value is -3.49. The Bertz CT molecular complexity index is 1180. The zero-order chi connectivity index (χ0) is 35.3. The van der Waals surface area contributed by atoms with Gasteiger partial charge in [-0.1, -0.05) is 52.0 Å². The van der Waals surface area contributed by atoms with Crippen molar-refractivity contribution < 1.29 is 38.2 Å². The molecule has 48 heavy (non-hydrogen) atoms. The molecule has 1 fully saturated rings. The van der Waals surface area contributed by atoms with Crippen LogP contribution in [0.25, 0.3) is 0 Å². The smallest absolute Gasteiger partial charge is 0.242 e. The Kier molecular flexibility index (Phi) is 19.5. The van der Waals surface area contributed by atoms with Gasteiger partial charge in [0, 0.05) is 51.3 Å². The van der Waals surface area contributed by atoms with Crippen molar-refractivity contribution in [1.82, 2.24) is 26.2 Å². The predicted molar refractivity (Wildman–Crippen MR) is 184 cm³/mol. The topological polar surface area (TPSA) is 172 Å². The number of carbonyl (C=O) groups is 6. The van der Waals surface area contributed by atoms with Crippen LogP contribution in [0.1, 0.15) is 83.3 Å². The Morgan fingerprint density at radius 2 is 1.58 bits per heavy atom. The summed E-state index contributed by atoms with van der Waals surface area (Å²) in [6.07, 6.45) is 1.50. The first-order valence-electron chi connectivity index (χ1n) is 16.7. The van der Waals surface area contributed by atoms with Crippen LogP contribution in [0, 0.1) is 5.92 Å². The predicted octanol–water partition coefficient (Wildman–Crippen LogP) is 2.23. The second kappa shape index (κ2) is 23.0. The van der Waals surface area contributed by atoms with E-state index < -0.39 is 11.4 Å². The quantitative estimate of drug-likeness (QED) is 0.0520. The van der Waals surface area contributed by atoms with Gasteiger partial charge in [-0.05, 0) is 35.8 Å². The van der Waals surface area contributed by atoms with E-state index in [9.17, 15) is 28.8 Å². The lowest BCUT2D eigenvalue weighted by atomic mass is 10.0. The number of carbonyl (C=O) groups excluding carboxylic acids is 6. The van der Waals surface area contributed by atoms with Crippen LogP contribution in [0.3, 0.4) is 0 Å². The van der Waals surface area contributed by atoms with Gasteiger partial charge >= 0.3 is 0 Å². The van der Waals surface area contributed by atoms with E-state index in [1.807, 2.05) is 12.1 Å². The van der Waals surface area contributed by atoms with Gasteiger partial charge in [-0.3, -0.25) is 33.7 Å². The highest BCUT2D eigenvalue weighted by Crippen LogP contribution is 2.26. The molecule has 6 amide bonds. The molecule has 1 heterocycles. The summed E-state index contributed by atoms with van der Waals surface area (Å²) < 4.78 is 10.9. The summed E-state index contributed by atoms with van der Waals surface area (Å²) in [7, 11) is 0. The first-order valence-corrected chi connectivity index (χ1v) is 17.8.